The number of carbonyl (C=O) groups is 1. The summed E-state index contributed by atoms with van der Waals surface area (Å²) in [4.78, 5) is 16.1. The first-order valence-electron chi connectivity index (χ1n) is 6.46. The zero-order valence-electron chi connectivity index (χ0n) is 11.6. The first-order chi connectivity index (χ1) is 9.95. The van der Waals surface area contributed by atoms with Gasteiger partial charge in [0, 0.05) is 5.69 Å². The van der Waals surface area contributed by atoms with Gasteiger partial charge in [-0.15, -0.1) is 0 Å². The molecule has 0 saturated carbocycles. The van der Waals surface area contributed by atoms with Crippen LogP contribution in [0.4, 0.5) is 5.82 Å². The number of aryl methyl sites for hydroxylation is 1. The fourth-order valence-electron chi connectivity index (χ4n) is 1.83. The Hall–Kier alpha value is -2.60. The van der Waals surface area contributed by atoms with Crippen molar-refractivity contribution in [3.8, 4) is 11.5 Å². The summed E-state index contributed by atoms with van der Waals surface area (Å²) >= 11 is 0. The molecule has 2 aromatic rings. The number of carbonyl (C=O) groups excluding carboxylic acids is 1. The Bertz CT molecular complexity index is 641. The van der Waals surface area contributed by atoms with Crippen LogP contribution in [-0.2, 0) is 11.2 Å². The second-order valence-corrected chi connectivity index (χ2v) is 4.79. The van der Waals surface area contributed by atoms with E-state index >= 15 is 0 Å². The van der Waals surface area contributed by atoms with Gasteiger partial charge in [-0.25, -0.2) is 4.98 Å². The highest BCUT2D eigenvalue weighted by molar-refractivity contribution is 5.95. The van der Waals surface area contributed by atoms with Crippen molar-refractivity contribution in [1.82, 2.24) is 4.98 Å². The van der Waals surface area contributed by atoms with Crippen LogP contribution in [0.2, 0.25) is 0 Å². The molecule has 110 valence electrons. The van der Waals surface area contributed by atoms with Crippen molar-refractivity contribution >= 4 is 11.7 Å². The fourth-order valence-corrected chi connectivity index (χ4v) is 1.83. The number of phenols is 1. The Morgan fingerprint density at radius 1 is 1.24 bits per heavy atom. The maximum Gasteiger partial charge on any atom is 0.242 e. The molecule has 1 aromatic carbocycles. The van der Waals surface area contributed by atoms with Crippen LogP contribution >= 0.6 is 0 Å². The highest BCUT2D eigenvalue weighted by Crippen LogP contribution is 2.20. The van der Waals surface area contributed by atoms with Gasteiger partial charge in [-0.3, -0.25) is 4.79 Å². The van der Waals surface area contributed by atoms with E-state index in [1.807, 2.05) is 0 Å². The van der Waals surface area contributed by atoms with Gasteiger partial charge in [0.05, 0.1) is 6.04 Å². The topological polar surface area (TPSA) is 108 Å². The summed E-state index contributed by atoms with van der Waals surface area (Å²) in [6.45, 7) is 1.76. The standard InChI is InChI=1S/C15H17N3O3/c1-9-2-7-13(20)14(17-9)18-15(21)12(16)8-10-3-5-11(19)6-4-10/h2-7,12,19-20H,8,16H2,1H3,(H,17,18,21)/t12-/m1/s1. The molecule has 1 heterocycles. The Morgan fingerprint density at radius 2 is 1.90 bits per heavy atom. The van der Waals surface area contributed by atoms with E-state index in [4.69, 9.17) is 5.73 Å². The van der Waals surface area contributed by atoms with E-state index in [9.17, 15) is 15.0 Å². The van der Waals surface area contributed by atoms with Crippen LogP contribution in [-0.4, -0.2) is 27.1 Å². The number of phenolic OH excluding ortho intramolecular Hbond substituents is 1. The van der Waals surface area contributed by atoms with E-state index < -0.39 is 11.9 Å². The number of anilines is 1. The van der Waals surface area contributed by atoms with E-state index in [0.29, 0.717) is 12.1 Å². The number of nitrogens with two attached hydrogens (primary N) is 1. The number of benzene rings is 1. The largest absolute Gasteiger partial charge is 0.508 e. The number of hydrogen-bond donors (Lipinski definition) is 4. The van der Waals surface area contributed by atoms with Gasteiger partial charge in [-0.05, 0) is 43.2 Å². The average Bonchev–Trinajstić information content (AvgIpc) is 2.45. The van der Waals surface area contributed by atoms with Crippen LogP contribution in [0.25, 0.3) is 0 Å². The Labute approximate surface area is 122 Å². The van der Waals surface area contributed by atoms with Crippen LogP contribution < -0.4 is 11.1 Å². The summed E-state index contributed by atoms with van der Waals surface area (Å²) < 4.78 is 0. The molecule has 21 heavy (non-hydrogen) atoms. The highest BCUT2D eigenvalue weighted by Gasteiger charge is 2.16. The molecule has 0 saturated heterocycles. The molecule has 0 aliphatic rings. The van der Waals surface area contributed by atoms with Gasteiger partial charge in [0.1, 0.15) is 5.75 Å². The SMILES string of the molecule is Cc1ccc(O)c(NC(=O)[C@H](N)Cc2ccc(O)cc2)n1. The van der Waals surface area contributed by atoms with Crippen LogP contribution in [0.5, 0.6) is 11.5 Å². The van der Waals surface area contributed by atoms with Crippen LogP contribution in [0, 0.1) is 6.92 Å². The molecule has 1 atom stereocenters. The maximum absolute atomic E-state index is 12.0. The van der Waals surface area contributed by atoms with Crippen molar-refractivity contribution in [3.05, 3.63) is 47.7 Å². The van der Waals surface area contributed by atoms with Crippen molar-refractivity contribution in [2.45, 2.75) is 19.4 Å². The molecule has 5 N–H and O–H groups in total. The molecule has 0 spiro atoms. The second-order valence-electron chi connectivity index (χ2n) is 4.79. The first kappa shape index (κ1) is 14.8. The number of nitrogens with one attached hydrogen (secondary N) is 1. The normalized spacial score (nSPS) is 11.9. The van der Waals surface area contributed by atoms with Crippen molar-refractivity contribution in [1.29, 1.82) is 0 Å². The third kappa shape index (κ3) is 3.93. The predicted octanol–water partition coefficient (Wildman–Crippen LogP) is 1.31. The lowest BCUT2D eigenvalue weighted by Gasteiger charge is -2.13. The summed E-state index contributed by atoms with van der Waals surface area (Å²) in [6, 6.07) is 8.79. The van der Waals surface area contributed by atoms with Gasteiger partial charge in [-0.1, -0.05) is 12.1 Å². The number of aromatic nitrogens is 1. The smallest absolute Gasteiger partial charge is 0.242 e. The monoisotopic (exact) mass is 287 g/mol. The number of pyridine rings is 1. The number of aromatic hydroxyl groups is 2. The molecule has 1 aromatic heterocycles. The van der Waals surface area contributed by atoms with Gasteiger partial charge in [0.2, 0.25) is 5.91 Å². The quantitative estimate of drug-likeness (QED) is 0.678. The molecule has 0 radical (unpaired) electrons. The number of amides is 1. The van der Waals surface area contributed by atoms with Crippen molar-refractivity contribution < 1.29 is 15.0 Å². The zero-order chi connectivity index (χ0) is 15.4. The van der Waals surface area contributed by atoms with Gasteiger partial charge in [0.15, 0.2) is 11.6 Å². The third-order valence-electron chi connectivity index (χ3n) is 2.98. The van der Waals surface area contributed by atoms with Gasteiger partial charge in [0.25, 0.3) is 0 Å². The van der Waals surface area contributed by atoms with Crippen LogP contribution in [0.3, 0.4) is 0 Å². The van der Waals surface area contributed by atoms with Gasteiger partial charge in [-0.2, -0.15) is 0 Å². The van der Waals surface area contributed by atoms with Gasteiger partial charge >= 0.3 is 0 Å². The molecule has 0 fully saturated rings. The second kappa shape index (κ2) is 6.23. The molecule has 0 aliphatic heterocycles. The predicted molar refractivity (Wildman–Crippen MR) is 79.1 cm³/mol. The van der Waals surface area contributed by atoms with Crippen LogP contribution in [0.1, 0.15) is 11.3 Å². The summed E-state index contributed by atoms with van der Waals surface area (Å²) in [5, 5.41) is 21.4. The average molecular weight is 287 g/mol. The molecule has 6 nitrogen and oxygen atoms in total. The minimum atomic E-state index is -0.781. The summed E-state index contributed by atoms with van der Waals surface area (Å²) in [6.07, 6.45) is 0.318. The van der Waals surface area contributed by atoms with E-state index in [0.717, 1.165) is 5.56 Å². The lowest BCUT2D eigenvalue weighted by molar-refractivity contribution is -0.117. The maximum atomic E-state index is 12.0. The Balaban J connectivity index is 2.02. The summed E-state index contributed by atoms with van der Waals surface area (Å²) in [7, 11) is 0. The molecule has 0 unspecified atom stereocenters. The molecular formula is C15H17N3O3. The number of hydrogen-bond acceptors (Lipinski definition) is 5. The van der Waals surface area contributed by atoms with Crippen molar-refractivity contribution in [2.75, 3.05) is 5.32 Å². The third-order valence-corrected chi connectivity index (χ3v) is 2.98. The zero-order valence-corrected chi connectivity index (χ0v) is 11.6. The van der Waals surface area contributed by atoms with E-state index in [1.165, 1.54) is 18.2 Å². The summed E-state index contributed by atoms with van der Waals surface area (Å²) in [5.74, 6) is -0.283. The van der Waals surface area contributed by atoms with Crippen LogP contribution in [0.15, 0.2) is 36.4 Å². The lowest BCUT2D eigenvalue weighted by atomic mass is 10.1. The minimum absolute atomic E-state index is 0.0983. The van der Waals surface area contributed by atoms with Gasteiger partial charge < -0.3 is 21.3 Å². The lowest BCUT2D eigenvalue weighted by Crippen LogP contribution is -2.37. The van der Waals surface area contributed by atoms with E-state index in [2.05, 4.69) is 10.3 Å². The number of nitrogens with zero attached hydrogens (tertiary/aromatic N) is 1. The number of rotatable bonds is 4. The van der Waals surface area contributed by atoms with Crippen molar-refractivity contribution in [3.63, 3.8) is 0 Å². The summed E-state index contributed by atoms with van der Waals surface area (Å²) in [5.41, 5.74) is 7.35. The highest BCUT2D eigenvalue weighted by atomic mass is 16.3. The van der Waals surface area contributed by atoms with E-state index in [-0.39, 0.29) is 17.3 Å². The molecule has 6 heteroatoms. The molecule has 2 rings (SSSR count). The Morgan fingerprint density at radius 3 is 2.57 bits per heavy atom. The Kier molecular flexibility index (Phi) is 4.39. The molecular weight excluding hydrogens is 270 g/mol. The molecule has 0 bridgehead atoms. The molecule has 0 aliphatic carbocycles. The minimum Gasteiger partial charge on any atom is -0.508 e. The fraction of sp³-hybridized carbons (Fsp3) is 0.200. The molecule has 1 amide bonds. The van der Waals surface area contributed by atoms with Crippen molar-refractivity contribution in [2.24, 2.45) is 5.73 Å². The first-order valence-corrected chi connectivity index (χ1v) is 6.46. The van der Waals surface area contributed by atoms with E-state index in [1.54, 1.807) is 25.1 Å².